The normalized spacial score (nSPS) is 11.0. The topological polar surface area (TPSA) is 55.6 Å². The van der Waals surface area contributed by atoms with E-state index in [0.29, 0.717) is 5.02 Å². The fraction of sp³-hybridized carbons (Fsp3) is 0.182. The molecule has 144 valence electrons. The minimum absolute atomic E-state index is 0.184. The number of carbonyl (C=O) groups is 1. The number of methoxy groups -OCH3 is 1. The Labute approximate surface area is 169 Å². The van der Waals surface area contributed by atoms with E-state index >= 15 is 0 Å². The van der Waals surface area contributed by atoms with Gasteiger partial charge in [-0.25, -0.2) is 5.43 Å². The van der Waals surface area contributed by atoms with Crippen LogP contribution >= 0.6 is 11.6 Å². The molecule has 3 rings (SSSR count). The summed E-state index contributed by atoms with van der Waals surface area (Å²) in [6, 6.07) is 17.1. The van der Waals surface area contributed by atoms with E-state index in [4.69, 9.17) is 16.3 Å². The molecular formula is C22H22ClN3O2. The maximum Gasteiger partial charge on any atom is 0.244 e. The van der Waals surface area contributed by atoms with Crippen LogP contribution in [-0.2, 0) is 11.2 Å². The molecule has 1 heterocycles. The van der Waals surface area contributed by atoms with Crippen molar-refractivity contribution in [1.29, 1.82) is 0 Å². The molecule has 0 fully saturated rings. The van der Waals surface area contributed by atoms with Crippen molar-refractivity contribution in [3.05, 3.63) is 82.1 Å². The zero-order valence-electron chi connectivity index (χ0n) is 16.1. The third-order valence-corrected chi connectivity index (χ3v) is 4.70. The van der Waals surface area contributed by atoms with Gasteiger partial charge in [0.2, 0.25) is 5.91 Å². The number of benzene rings is 2. The van der Waals surface area contributed by atoms with Crippen LogP contribution in [0.2, 0.25) is 5.02 Å². The Balaban J connectivity index is 1.68. The van der Waals surface area contributed by atoms with Crippen molar-refractivity contribution in [3.8, 4) is 11.4 Å². The van der Waals surface area contributed by atoms with E-state index in [1.54, 1.807) is 13.3 Å². The summed E-state index contributed by atoms with van der Waals surface area (Å²) < 4.78 is 7.29. The van der Waals surface area contributed by atoms with Crippen LogP contribution in [0.4, 0.5) is 0 Å². The summed E-state index contributed by atoms with van der Waals surface area (Å²) in [4.78, 5) is 12.1. The predicted octanol–water partition coefficient (Wildman–Crippen LogP) is 4.45. The van der Waals surface area contributed by atoms with Gasteiger partial charge in [-0.15, -0.1) is 0 Å². The Morgan fingerprint density at radius 3 is 2.64 bits per heavy atom. The number of amides is 1. The molecule has 0 spiro atoms. The second-order valence-electron chi connectivity index (χ2n) is 6.46. The lowest BCUT2D eigenvalue weighted by molar-refractivity contribution is -0.120. The molecule has 0 aliphatic heterocycles. The molecule has 0 aliphatic rings. The number of halogens is 1. The molecule has 3 aromatic rings. The molecule has 1 amide bonds. The van der Waals surface area contributed by atoms with Crippen LogP contribution in [0.1, 0.15) is 22.5 Å². The van der Waals surface area contributed by atoms with Crippen molar-refractivity contribution in [2.45, 2.75) is 20.3 Å². The van der Waals surface area contributed by atoms with E-state index in [-0.39, 0.29) is 12.3 Å². The van der Waals surface area contributed by atoms with E-state index < -0.39 is 0 Å². The zero-order valence-corrected chi connectivity index (χ0v) is 16.8. The molecule has 0 radical (unpaired) electrons. The second kappa shape index (κ2) is 8.76. The quantitative estimate of drug-likeness (QED) is 0.495. The molecule has 0 unspecified atom stereocenters. The van der Waals surface area contributed by atoms with Crippen molar-refractivity contribution >= 4 is 23.7 Å². The number of nitrogens with one attached hydrogen (secondary N) is 1. The van der Waals surface area contributed by atoms with Gasteiger partial charge < -0.3 is 9.30 Å². The van der Waals surface area contributed by atoms with Crippen LogP contribution in [0.25, 0.3) is 5.69 Å². The molecule has 0 saturated heterocycles. The number of aryl methyl sites for hydroxylation is 1. The number of aromatic nitrogens is 1. The molecule has 0 saturated carbocycles. The highest BCUT2D eigenvalue weighted by atomic mass is 35.5. The lowest BCUT2D eigenvalue weighted by Crippen LogP contribution is -2.19. The fourth-order valence-electron chi connectivity index (χ4n) is 3.09. The fourth-order valence-corrected chi connectivity index (χ4v) is 3.21. The maximum absolute atomic E-state index is 12.1. The first-order chi connectivity index (χ1) is 13.5. The van der Waals surface area contributed by atoms with Crippen LogP contribution in [0, 0.1) is 13.8 Å². The maximum atomic E-state index is 12.1. The third kappa shape index (κ3) is 4.61. The Morgan fingerprint density at radius 1 is 1.18 bits per heavy atom. The molecule has 5 nitrogen and oxygen atoms in total. The van der Waals surface area contributed by atoms with E-state index in [9.17, 15) is 4.79 Å². The van der Waals surface area contributed by atoms with Gasteiger partial charge in [0.25, 0.3) is 0 Å². The summed E-state index contributed by atoms with van der Waals surface area (Å²) in [5.74, 6) is 0.541. The summed E-state index contributed by atoms with van der Waals surface area (Å²) in [6.07, 6.45) is 1.90. The Morgan fingerprint density at radius 2 is 1.93 bits per heavy atom. The predicted molar refractivity (Wildman–Crippen MR) is 113 cm³/mol. The highest BCUT2D eigenvalue weighted by Gasteiger charge is 2.09. The molecule has 0 atom stereocenters. The minimum atomic E-state index is -0.184. The van der Waals surface area contributed by atoms with Gasteiger partial charge in [-0.2, -0.15) is 5.10 Å². The summed E-state index contributed by atoms with van der Waals surface area (Å²) in [5, 5.41) is 4.81. The van der Waals surface area contributed by atoms with Gasteiger partial charge in [0.05, 0.1) is 19.7 Å². The molecular weight excluding hydrogens is 374 g/mol. The second-order valence-corrected chi connectivity index (χ2v) is 6.90. The summed E-state index contributed by atoms with van der Waals surface area (Å²) in [6.45, 7) is 4.04. The van der Waals surface area contributed by atoms with Crippen LogP contribution in [0.3, 0.4) is 0 Å². The van der Waals surface area contributed by atoms with Crippen molar-refractivity contribution in [2.24, 2.45) is 5.10 Å². The average molecular weight is 396 g/mol. The van der Waals surface area contributed by atoms with Crippen LogP contribution < -0.4 is 10.2 Å². The number of carbonyl (C=O) groups excluding carboxylic acids is 1. The van der Waals surface area contributed by atoms with Gasteiger partial charge in [-0.05, 0) is 61.9 Å². The summed E-state index contributed by atoms with van der Waals surface area (Å²) in [5.41, 5.74) is 7.53. The number of hydrazone groups is 1. The van der Waals surface area contributed by atoms with Gasteiger partial charge in [0.1, 0.15) is 5.75 Å². The van der Waals surface area contributed by atoms with Gasteiger partial charge in [0.15, 0.2) is 0 Å². The number of hydrogen-bond acceptors (Lipinski definition) is 3. The lowest BCUT2D eigenvalue weighted by Gasteiger charge is -2.09. The summed E-state index contributed by atoms with van der Waals surface area (Å²) >= 11 is 5.98. The number of hydrogen-bond donors (Lipinski definition) is 1. The molecule has 0 aliphatic carbocycles. The third-order valence-electron chi connectivity index (χ3n) is 4.45. The van der Waals surface area contributed by atoms with Crippen molar-refractivity contribution in [1.82, 2.24) is 9.99 Å². The van der Waals surface area contributed by atoms with Gasteiger partial charge in [-0.3, -0.25) is 4.79 Å². The number of rotatable bonds is 6. The van der Waals surface area contributed by atoms with Crippen molar-refractivity contribution in [3.63, 3.8) is 0 Å². The number of ether oxygens (including phenoxy) is 1. The zero-order chi connectivity index (χ0) is 20.1. The van der Waals surface area contributed by atoms with Crippen LogP contribution in [-0.4, -0.2) is 23.8 Å². The molecule has 0 bridgehead atoms. The standard InChI is InChI=1S/C22H22ClN3O2/c1-15-11-18(16(2)26(15)20-9-7-19(23)8-10-20)14-24-25-22(27)13-17-5-4-6-21(12-17)28-3/h4-12,14H,13H2,1-3H3,(H,25,27)/b24-14+. The molecule has 2 aromatic carbocycles. The smallest absolute Gasteiger partial charge is 0.244 e. The first-order valence-corrected chi connectivity index (χ1v) is 9.25. The Bertz CT molecular complexity index is 1010. The Kier molecular flexibility index (Phi) is 6.16. The molecule has 28 heavy (non-hydrogen) atoms. The van der Waals surface area contributed by atoms with Crippen LogP contribution in [0.5, 0.6) is 5.75 Å². The first kappa shape index (κ1) is 19.7. The van der Waals surface area contributed by atoms with Gasteiger partial charge in [0, 0.05) is 27.7 Å². The van der Waals surface area contributed by atoms with E-state index in [1.807, 2.05) is 68.4 Å². The molecule has 6 heteroatoms. The SMILES string of the molecule is COc1cccc(CC(=O)N/N=C/c2cc(C)n(-c3ccc(Cl)cc3)c2C)c1. The van der Waals surface area contributed by atoms with E-state index in [0.717, 1.165) is 34.0 Å². The highest BCUT2D eigenvalue weighted by Crippen LogP contribution is 2.21. The largest absolute Gasteiger partial charge is 0.497 e. The first-order valence-electron chi connectivity index (χ1n) is 8.87. The minimum Gasteiger partial charge on any atom is -0.497 e. The van der Waals surface area contributed by atoms with Crippen molar-refractivity contribution in [2.75, 3.05) is 7.11 Å². The van der Waals surface area contributed by atoms with Gasteiger partial charge >= 0.3 is 0 Å². The molecule has 1 aromatic heterocycles. The van der Waals surface area contributed by atoms with Gasteiger partial charge in [-0.1, -0.05) is 23.7 Å². The lowest BCUT2D eigenvalue weighted by atomic mass is 10.1. The van der Waals surface area contributed by atoms with E-state index in [1.165, 1.54) is 0 Å². The van der Waals surface area contributed by atoms with Crippen LogP contribution in [0.15, 0.2) is 59.7 Å². The highest BCUT2D eigenvalue weighted by molar-refractivity contribution is 6.30. The monoisotopic (exact) mass is 395 g/mol. The average Bonchev–Trinajstić information content (AvgIpc) is 2.96. The Hall–Kier alpha value is -3.05. The van der Waals surface area contributed by atoms with Crippen molar-refractivity contribution < 1.29 is 9.53 Å². The van der Waals surface area contributed by atoms with E-state index in [2.05, 4.69) is 15.1 Å². The summed E-state index contributed by atoms with van der Waals surface area (Å²) in [7, 11) is 1.60. The molecule has 1 N–H and O–H groups in total. The number of nitrogens with zero attached hydrogens (tertiary/aromatic N) is 2.